The number of hydrogen-bond acceptors (Lipinski definition) is 3. The molecular formula is C56H36N2O. The van der Waals surface area contributed by atoms with Crippen LogP contribution < -0.4 is 0 Å². The minimum absolute atomic E-state index is 0.623. The SMILES string of the molecule is c1ccc(-c2cc(-c3ccccc3)nc(-c3cccc(-c4c(-c5cccc(-c6cc7nc(-c8ccccc8)oc7c7ccccc67)c5)ccc5ccccc45)c3)c2)cc1. The van der Waals surface area contributed by atoms with E-state index >= 15 is 0 Å². The Morgan fingerprint density at radius 2 is 0.847 bits per heavy atom. The summed E-state index contributed by atoms with van der Waals surface area (Å²) in [6.45, 7) is 0. The lowest BCUT2D eigenvalue weighted by Crippen LogP contribution is -1.93. The number of aromatic nitrogens is 2. The first kappa shape index (κ1) is 34.4. The van der Waals surface area contributed by atoms with Crippen LogP contribution in [-0.2, 0) is 0 Å². The molecule has 0 spiro atoms. The normalized spacial score (nSPS) is 11.4. The van der Waals surface area contributed by atoms with E-state index in [1.165, 1.54) is 16.3 Å². The van der Waals surface area contributed by atoms with Crippen molar-refractivity contribution in [3.8, 4) is 78.5 Å². The lowest BCUT2D eigenvalue weighted by atomic mass is 9.87. The molecule has 0 N–H and O–H groups in total. The standard InChI is InChI=1S/C56H36N2O/c1-4-16-37(17-5-1)45-34-51(39-19-6-2-7-20-39)57-52(35-45)43-25-15-26-44(33-43)54-46-27-11-10-18-38(46)30-31-47(54)41-23-14-24-42(32-41)50-36-53-55(49-29-13-12-28-48(49)50)59-56(58-53)40-21-8-3-9-22-40/h1-36H. The highest BCUT2D eigenvalue weighted by molar-refractivity contribution is 6.11. The van der Waals surface area contributed by atoms with Crippen molar-refractivity contribution in [2.75, 3.05) is 0 Å². The maximum Gasteiger partial charge on any atom is 0.227 e. The van der Waals surface area contributed by atoms with Gasteiger partial charge in [0.2, 0.25) is 5.89 Å². The van der Waals surface area contributed by atoms with Gasteiger partial charge in [-0.05, 0) is 103 Å². The second kappa shape index (κ2) is 14.6. The van der Waals surface area contributed by atoms with Gasteiger partial charge in [-0.3, -0.25) is 0 Å². The van der Waals surface area contributed by atoms with Crippen LogP contribution >= 0.6 is 0 Å². The highest BCUT2D eigenvalue weighted by Crippen LogP contribution is 2.43. The van der Waals surface area contributed by atoms with Crippen molar-refractivity contribution in [3.63, 3.8) is 0 Å². The van der Waals surface area contributed by atoms with Gasteiger partial charge >= 0.3 is 0 Å². The highest BCUT2D eigenvalue weighted by atomic mass is 16.3. The summed E-state index contributed by atoms with van der Waals surface area (Å²) in [5.41, 5.74) is 15.8. The molecule has 3 nitrogen and oxygen atoms in total. The Labute approximate surface area is 342 Å². The van der Waals surface area contributed by atoms with Crippen LogP contribution in [0, 0.1) is 0 Å². The number of rotatable bonds is 7. The van der Waals surface area contributed by atoms with Gasteiger partial charge in [-0.25, -0.2) is 9.97 Å². The van der Waals surface area contributed by atoms with E-state index in [4.69, 9.17) is 14.4 Å². The molecule has 0 radical (unpaired) electrons. The molecular weight excluding hydrogens is 717 g/mol. The summed E-state index contributed by atoms with van der Waals surface area (Å²) in [7, 11) is 0. The summed E-state index contributed by atoms with van der Waals surface area (Å²) in [5.74, 6) is 0.623. The van der Waals surface area contributed by atoms with E-state index in [9.17, 15) is 0 Å². The number of fused-ring (bicyclic) bond motifs is 4. The van der Waals surface area contributed by atoms with Gasteiger partial charge in [0.05, 0.1) is 11.4 Å². The smallest absolute Gasteiger partial charge is 0.227 e. The number of nitrogens with zero attached hydrogens (tertiary/aromatic N) is 2. The lowest BCUT2D eigenvalue weighted by molar-refractivity contribution is 0.623. The molecule has 2 aromatic heterocycles. The van der Waals surface area contributed by atoms with E-state index in [0.717, 1.165) is 88.9 Å². The van der Waals surface area contributed by atoms with Gasteiger partial charge in [0, 0.05) is 22.1 Å². The first-order chi connectivity index (χ1) is 29.2. The topological polar surface area (TPSA) is 38.9 Å². The van der Waals surface area contributed by atoms with E-state index in [-0.39, 0.29) is 0 Å². The third-order valence-electron chi connectivity index (χ3n) is 11.3. The molecule has 11 aromatic rings. The fourth-order valence-electron chi connectivity index (χ4n) is 8.44. The zero-order valence-corrected chi connectivity index (χ0v) is 32.1. The fourth-order valence-corrected chi connectivity index (χ4v) is 8.44. The number of oxazole rings is 1. The van der Waals surface area contributed by atoms with Gasteiger partial charge in [-0.1, -0.05) is 176 Å². The summed E-state index contributed by atoms with van der Waals surface area (Å²) in [6, 6.07) is 77.2. The number of hydrogen-bond donors (Lipinski definition) is 0. The molecule has 0 aliphatic rings. The molecule has 59 heavy (non-hydrogen) atoms. The Morgan fingerprint density at radius 1 is 0.305 bits per heavy atom. The van der Waals surface area contributed by atoms with E-state index in [1.54, 1.807) is 0 Å². The Hall–Kier alpha value is -7.88. The van der Waals surface area contributed by atoms with E-state index in [2.05, 4.69) is 182 Å². The van der Waals surface area contributed by atoms with Crippen molar-refractivity contribution in [1.82, 2.24) is 9.97 Å². The molecule has 0 atom stereocenters. The van der Waals surface area contributed by atoms with Gasteiger partial charge in [0.1, 0.15) is 5.52 Å². The van der Waals surface area contributed by atoms with Crippen LogP contribution in [0.4, 0.5) is 0 Å². The highest BCUT2D eigenvalue weighted by Gasteiger charge is 2.18. The fraction of sp³-hybridized carbons (Fsp3) is 0. The molecule has 9 aromatic carbocycles. The molecule has 0 saturated heterocycles. The second-order valence-corrected chi connectivity index (χ2v) is 14.9. The molecule has 2 heterocycles. The monoisotopic (exact) mass is 752 g/mol. The van der Waals surface area contributed by atoms with Crippen LogP contribution in [-0.4, -0.2) is 9.97 Å². The van der Waals surface area contributed by atoms with E-state index in [1.807, 2.05) is 36.4 Å². The summed E-state index contributed by atoms with van der Waals surface area (Å²) in [4.78, 5) is 10.3. The van der Waals surface area contributed by atoms with Crippen LogP contribution in [0.15, 0.2) is 223 Å². The third-order valence-corrected chi connectivity index (χ3v) is 11.3. The quantitative estimate of drug-likeness (QED) is 0.163. The molecule has 0 aliphatic heterocycles. The van der Waals surface area contributed by atoms with Crippen LogP contribution in [0.25, 0.3) is 111 Å². The van der Waals surface area contributed by atoms with Gasteiger partial charge < -0.3 is 4.42 Å². The third kappa shape index (κ3) is 6.36. The van der Waals surface area contributed by atoms with Gasteiger partial charge in [0.25, 0.3) is 0 Å². The van der Waals surface area contributed by atoms with Crippen molar-refractivity contribution in [2.24, 2.45) is 0 Å². The molecule has 3 heteroatoms. The summed E-state index contributed by atoms with van der Waals surface area (Å²) >= 11 is 0. The Morgan fingerprint density at radius 3 is 1.59 bits per heavy atom. The predicted octanol–water partition coefficient (Wildman–Crippen LogP) is 15.2. The Kier molecular flexibility index (Phi) is 8.49. The average molecular weight is 753 g/mol. The molecule has 276 valence electrons. The summed E-state index contributed by atoms with van der Waals surface area (Å²) < 4.78 is 6.44. The van der Waals surface area contributed by atoms with E-state index in [0.29, 0.717) is 5.89 Å². The van der Waals surface area contributed by atoms with Gasteiger partial charge in [-0.2, -0.15) is 0 Å². The van der Waals surface area contributed by atoms with Gasteiger partial charge in [-0.15, -0.1) is 0 Å². The minimum atomic E-state index is 0.623. The molecule has 0 fully saturated rings. The van der Waals surface area contributed by atoms with E-state index < -0.39 is 0 Å². The minimum Gasteiger partial charge on any atom is -0.435 e. The summed E-state index contributed by atoms with van der Waals surface area (Å²) in [5, 5.41) is 4.56. The van der Waals surface area contributed by atoms with Gasteiger partial charge in [0.15, 0.2) is 5.58 Å². The van der Waals surface area contributed by atoms with Crippen molar-refractivity contribution in [2.45, 2.75) is 0 Å². The molecule has 0 aliphatic carbocycles. The molecule has 0 amide bonds. The Balaban J connectivity index is 1.07. The zero-order valence-electron chi connectivity index (χ0n) is 32.1. The number of benzene rings is 9. The number of pyridine rings is 1. The van der Waals surface area contributed by atoms with Crippen LogP contribution in [0.5, 0.6) is 0 Å². The molecule has 0 unspecified atom stereocenters. The van der Waals surface area contributed by atoms with Crippen molar-refractivity contribution in [3.05, 3.63) is 218 Å². The zero-order chi connectivity index (χ0) is 39.1. The molecule has 0 saturated carbocycles. The Bertz CT molecular complexity index is 3260. The summed E-state index contributed by atoms with van der Waals surface area (Å²) in [6.07, 6.45) is 0. The maximum absolute atomic E-state index is 6.44. The largest absolute Gasteiger partial charge is 0.435 e. The molecule has 11 rings (SSSR count). The van der Waals surface area contributed by atoms with Crippen molar-refractivity contribution >= 4 is 32.6 Å². The first-order valence-electron chi connectivity index (χ1n) is 20.0. The molecule has 0 bridgehead atoms. The average Bonchev–Trinajstić information content (AvgIpc) is 3.77. The van der Waals surface area contributed by atoms with Crippen molar-refractivity contribution in [1.29, 1.82) is 0 Å². The second-order valence-electron chi connectivity index (χ2n) is 14.9. The predicted molar refractivity (Wildman–Crippen MR) is 245 cm³/mol. The first-order valence-corrected chi connectivity index (χ1v) is 20.0. The van der Waals surface area contributed by atoms with Crippen LogP contribution in [0.1, 0.15) is 0 Å². The van der Waals surface area contributed by atoms with Crippen LogP contribution in [0.2, 0.25) is 0 Å². The van der Waals surface area contributed by atoms with Crippen molar-refractivity contribution < 1.29 is 4.42 Å². The van der Waals surface area contributed by atoms with Crippen LogP contribution in [0.3, 0.4) is 0 Å². The lowest BCUT2D eigenvalue weighted by Gasteiger charge is -2.17. The maximum atomic E-state index is 6.44.